The minimum Gasteiger partial charge on any atom is -0.450 e. The van der Waals surface area contributed by atoms with Crippen molar-refractivity contribution in [2.45, 2.75) is 51.0 Å². The van der Waals surface area contributed by atoms with Gasteiger partial charge in [-0.3, -0.25) is 10.1 Å². The molecule has 11 heteroatoms. The predicted octanol–water partition coefficient (Wildman–Crippen LogP) is 4.28. The molecule has 0 spiro atoms. The monoisotopic (exact) mass is 481 g/mol. The van der Waals surface area contributed by atoms with Crippen molar-refractivity contribution in [3.05, 3.63) is 34.4 Å². The molecule has 0 unspecified atom stereocenters. The maximum atomic E-state index is 12.5. The number of hydrogen-bond donors (Lipinski definition) is 1. The Bertz CT molecular complexity index is 792. The molecule has 0 saturated carbocycles. The Kier molecular flexibility index (Phi) is 10.1. The molecule has 1 aromatic carbocycles. The van der Waals surface area contributed by atoms with Crippen molar-refractivity contribution < 1.29 is 28.7 Å². The summed E-state index contributed by atoms with van der Waals surface area (Å²) < 4.78 is 16.2. The largest absolute Gasteiger partial charge is 0.450 e. The van der Waals surface area contributed by atoms with Gasteiger partial charge in [-0.2, -0.15) is 0 Å². The molecule has 0 aliphatic carbocycles. The van der Waals surface area contributed by atoms with E-state index < -0.39 is 25.2 Å². The molecule has 2 atom stereocenters. The Balaban J connectivity index is 1.94. The first-order chi connectivity index (χ1) is 15.5. The lowest BCUT2D eigenvalue weighted by molar-refractivity contribution is -0.384. The van der Waals surface area contributed by atoms with Crippen LogP contribution in [0.5, 0.6) is 5.75 Å². The number of nitro groups is 1. The number of rotatable bonds is 10. The fourth-order valence-electron chi connectivity index (χ4n) is 3.47. The van der Waals surface area contributed by atoms with Crippen LogP contribution >= 0.6 is 0 Å². The molecule has 0 bridgehead atoms. The van der Waals surface area contributed by atoms with E-state index in [4.69, 9.17) is 14.2 Å². The van der Waals surface area contributed by atoms with Crippen molar-refractivity contribution in [3.63, 3.8) is 0 Å². The zero-order valence-corrected chi connectivity index (χ0v) is 20.9. The molecule has 184 valence electrons. The van der Waals surface area contributed by atoms with E-state index in [9.17, 15) is 19.7 Å². The summed E-state index contributed by atoms with van der Waals surface area (Å²) in [5.74, 6) is 0.455. The van der Waals surface area contributed by atoms with Gasteiger partial charge in [0.1, 0.15) is 5.75 Å². The summed E-state index contributed by atoms with van der Waals surface area (Å²) in [6.07, 6.45) is 1.45. The summed E-state index contributed by atoms with van der Waals surface area (Å²) in [5.41, 5.74) is -0.0906. The van der Waals surface area contributed by atoms with E-state index in [0.717, 1.165) is 25.5 Å². The first kappa shape index (κ1) is 26.6. The molecule has 0 aromatic heterocycles. The van der Waals surface area contributed by atoms with Crippen molar-refractivity contribution in [2.24, 2.45) is 5.92 Å². The lowest BCUT2D eigenvalue weighted by Gasteiger charge is -2.29. The standard InChI is InChI=1S/C22H35N3O7Si/c1-24(22(27)31-12-13-33(2,3)4)15-18(14-17-6-5-11-30-16-17)23-21(26)32-20-9-7-19(8-10-20)25(28)29/h7-10,17-18H,5-6,11-16H2,1-4H3,(H,23,26)/t17-,18+/m1/s1. The van der Waals surface area contributed by atoms with Gasteiger partial charge in [-0.1, -0.05) is 19.6 Å². The minimum absolute atomic E-state index is 0.0906. The van der Waals surface area contributed by atoms with E-state index in [-0.39, 0.29) is 29.9 Å². The quantitative estimate of drug-likeness (QED) is 0.301. The Hall–Kier alpha value is -2.66. The number of nitrogens with zero attached hydrogens (tertiary/aromatic N) is 2. The fourth-order valence-corrected chi connectivity index (χ4v) is 4.19. The number of ether oxygens (including phenoxy) is 3. The topological polar surface area (TPSA) is 120 Å². The van der Waals surface area contributed by atoms with Gasteiger partial charge in [0, 0.05) is 47.0 Å². The molecule has 33 heavy (non-hydrogen) atoms. The number of likely N-dealkylation sites (N-methyl/N-ethyl adjacent to an activating group) is 1. The zero-order valence-electron chi connectivity index (χ0n) is 19.9. The smallest absolute Gasteiger partial charge is 0.412 e. The second-order valence-corrected chi connectivity index (χ2v) is 15.2. The normalized spacial score (nSPS) is 17.0. The average Bonchev–Trinajstić information content (AvgIpc) is 2.73. The molecule has 1 aliphatic rings. The minimum atomic E-state index is -1.31. The van der Waals surface area contributed by atoms with Crippen molar-refractivity contribution in [3.8, 4) is 5.75 Å². The molecule has 1 N–H and O–H groups in total. The molecule has 2 rings (SSSR count). The predicted molar refractivity (Wildman–Crippen MR) is 126 cm³/mol. The van der Waals surface area contributed by atoms with Crippen LogP contribution in [0.3, 0.4) is 0 Å². The lowest BCUT2D eigenvalue weighted by atomic mass is 9.94. The highest BCUT2D eigenvalue weighted by molar-refractivity contribution is 6.76. The second kappa shape index (κ2) is 12.5. The van der Waals surface area contributed by atoms with Crippen molar-refractivity contribution in [1.82, 2.24) is 10.2 Å². The number of benzene rings is 1. The highest BCUT2D eigenvalue weighted by atomic mass is 28.3. The zero-order chi connectivity index (χ0) is 24.4. The summed E-state index contributed by atoms with van der Waals surface area (Å²) in [5, 5.41) is 13.6. The van der Waals surface area contributed by atoms with Crippen LogP contribution in [0, 0.1) is 16.0 Å². The van der Waals surface area contributed by atoms with Gasteiger partial charge in [0.25, 0.3) is 5.69 Å². The molecular weight excluding hydrogens is 446 g/mol. The third-order valence-corrected chi connectivity index (χ3v) is 7.04. The van der Waals surface area contributed by atoms with Gasteiger partial charge in [-0.15, -0.1) is 0 Å². The molecule has 1 saturated heterocycles. The van der Waals surface area contributed by atoms with E-state index in [1.54, 1.807) is 7.05 Å². The van der Waals surface area contributed by atoms with Crippen LogP contribution in [0.25, 0.3) is 0 Å². The summed E-state index contributed by atoms with van der Waals surface area (Å²) in [7, 11) is 0.334. The van der Waals surface area contributed by atoms with E-state index in [2.05, 4.69) is 25.0 Å². The third-order valence-electron chi connectivity index (χ3n) is 5.34. The highest BCUT2D eigenvalue weighted by Crippen LogP contribution is 2.21. The van der Waals surface area contributed by atoms with Crippen LogP contribution < -0.4 is 10.1 Å². The van der Waals surface area contributed by atoms with Crippen LogP contribution in [0.1, 0.15) is 19.3 Å². The summed E-state index contributed by atoms with van der Waals surface area (Å²) in [4.78, 5) is 36.6. The van der Waals surface area contributed by atoms with Gasteiger partial charge in [0.2, 0.25) is 0 Å². The number of carbonyl (C=O) groups is 2. The maximum Gasteiger partial charge on any atom is 0.412 e. The molecule has 1 aliphatic heterocycles. The molecule has 0 radical (unpaired) electrons. The Morgan fingerprint density at radius 2 is 2.00 bits per heavy atom. The molecule has 1 fully saturated rings. The van der Waals surface area contributed by atoms with Crippen molar-refractivity contribution >= 4 is 25.9 Å². The summed E-state index contributed by atoms with van der Waals surface area (Å²) >= 11 is 0. The van der Waals surface area contributed by atoms with E-state index >= 15 is 0 Å². The van der Waals surface area contributed by atoms with Gasteiger partial charge >= 0.3 is 12.2 Å². The van der Waals surface area contributed by atoms with E-state index in [1.807, 2.05) is 0 Å². The second-order valence-electron chi connectivity index (χ2n) is 9.61. The van der Waals surface area contributed by atoms with Gasteiger partial charge in [0.05, 0.1) is 17.6 Å². The maximum absolute atomic E-state index is 12.5. The molecule has 10 nitrogen and oxygen atoms in total. The summed E-state index contributed by atoms with van der Waals surface area (Å²) in [6, 6.07) is 5.78. The Labute approximate surface area is 195 Å². The van der Waals surface area contributed by atoms with Gasteiger partial charge in [0.15, 0.2) is 0 Å². The van der Waals surface area contributed by atoms with Crippen molar-refractivity contribution in [2.75, 3.05) is 33.4 Å². The van der Waals surface area contributed by atoms with Crippen LogP contribution in [-0.4, -0.2) is 69.5 Å². The van der Waals surface area contributed by atoms with Gasteiger partial charge < -0.3 is 24.4 Å². The van der Waals surface area contributed by atoms with Crippen LogP contribution in [0.15, 0.2) is 24.3 Å². The van der Waals surface area contributed by atoms with Crippen LogP contribution in [-0.2, 0) is 9.47 Å². The first-order valence-corrected chi connectivity index (χ1v) is 14.9. The molecule has 1 aromatic rings. The number of nitro benzene ring substituents is 1. The molecule has 2 amide bonds. The molecule has 1 heterocycles. The number of non-ortho nitro benzene ring substituents is 1. The lowest BCUT2D eigenvalue weighted by Crippen LogP contribution is -2.47. The number of carbonyl (C=O) groups excluding carboxylic acids is 2. The van der Waals surface area contributed by atoms with Crippen LogP contribution in [0.4, 0.5) is 15.3 Å². The van der Waals surface area contributed by atoms with E-state index in [1.165, 1.54) is 29.2 Å². The highest BCUT2D eigenvalue weighted by Gasteiger charge is 2.25. The van der Waals surface area contributed by atoms with Gasteiger partial charge in [-0.25, -0.2) is 9.59 Å². The Morgan fingerprint density at radius 3 is 2.58 bits per heavy atom. The van der Waals surface area contributed by atoms with Crippen LogP contribution in [0.2, 0.25) is 25.7 Å². The van der Waals surface area contributed by atoms with Crippen molar-refractivity contribution in [1.29, 1.82) is 0 Å². The SMILES string of the molecule is CN(C[C@H](C[C@H]1CCCOC1)NC(=O)Oc1ccc([N+](=O)[O-])cc1)C(=O)OCC[Si](C)(C)C. The summed E-state index contributed by atoms with van der Waals surface area (Å²) in [6.45, 7) is 8.64. The molecular formula is C22H35N3O7Si. The number of nitrogens with one attached hydrogen (secondary N) is 1. The van der Waals surface area contributed by atoms with E-state index in [0.29, 0.717) is 19.6 Å². The average molecular weight is 482 g/mol. The number of hydrogen-bond acceptors (Lipinski definition) is 7. The Morgan fingerprint density at radius 1 is 1.30 bits per heavy atom. The number of amides is 2. The first-order valence-electron chi connectivity index (χ1n) is 11.2. The van der Waals surface area contributed by atoms with Gasteiger partial charge in [-0.05, 0) is 43.4 Å². The third kappa shape index (κ3) is 10.2. The fraction of sp³-hybridized carbons (Fsp3) is 0.636.